The van der Waals surface area contributed by atoms with Crippen molar-refractivity contribution in [2.75, 3.05) is 0 Å². The van der Waals surface area contributed by atoms with E-state index in [1.54, 1.807) is 0 Å². The van der Waals surface area contributed by atoms with Crippen molar-refractivity contribution in [1.82, 2.24) is 0 Å². The molecule has 0 aromatic carbocycles. The summed E-state index contributed by atoms with van der Waals surface area (Å²) in [6.07, 6.45) is 7.50. The van der Waals surface area contributed by atoms with Crippen molar-refractivity contribution in [3.63, 3.8) is 0 Å². The van der Waals surface area contributed by atoms with Crippen molar-refractivity contribution < 1.29 is 25.6 Å². The summed E-state index contributed by atoms with van der Waals surface area (Å²) in [4.78, 5) is 15.0. The third-order valence-electron chi connectivity index (χ3n) is 1.01. The van der Waals surface area contributed by atoms with Crippen molar-refractivity contribution in [3.8, 4) is 0 Å². The number of carbonyl (C=O) groups excluding carboxylic acids is 2. The SMILES string of the molecule is [C]=O.[C]=O.[Fe][CH2]C1=CC=CC1. The van der Waals surface area contributed by atoms with Gasteiger partial charge in [-0.05, 0) is 0 Å². The molecule has 3 heteroatoms. The van der Waals surface area contributed by atoms with E-state index < -0.39 is 0 Å². The molecule has 1 aliphatic carbocycles. The van der Waals surface area contributed by atoms with Crippen molar-refractivity contribution in [2.45, 2.75) is 11.7 Å². The van der Waals surface area contributed by atoms with E-state index in [9.17, 15) is 0 Å². The van der Waals surface area contributed by atoms with Crippen LogP contribution in [0.3, 0.4) is 0 Å². The molecule has 0 aliphatic heterocycles. The Morgan fingerprint density at radius 3 is 2.09 bits per heavy atom. The van der Waals surface area contributed by atoms with Gasteiger partial charge >= 0.3 is 51.6 Å². The zero-order chi connectivity index (χ0) is 9.11. The molecule has 0 atom stereocenters. The van der Waals surface area contributed by atoms with Crippen LogP contribution in [0.2, 0.25) is 5.32 Å². The molecule has 0 aromatic rings. The standard InChI is InChI=1S/C6H7.2CO.Fe/c1-6-4-2-3-5-6;2*1-2;/h2-4H,1,5H2;;;. The van der Waals surface area contributed by atoms with Gasteiger partial charge in [-0.3, -0.25) is 9.59 Å². The van der Waals surface area contributed by atoms with Crippen LogP contribution in [-0.4, -0.2) is 13.6 Å². The fourth-order valence-corrected chi connectivity index (χ4v) is 0.874. The quantitative estimate of drug-likeness (QED) is 0.580. The summed E-state index contributed by atoms with van der Waals surface area (Å²) in [7, 11) is 0. The second kappa shape index (κ2) is 12.1. The molecule has 4 radical (unpaired) electrons. The first kappa shape index (κ1) is 13.0. The van der Waals surface area contributed by atoms with Crippen LogP contribution in [-0.2, 0) is 25.6 Å². The summed E-state index contributed by atoms with van der Waals surface area (Å²) in [5, 5.41) is 0.965. The van der Waals surface area contributed by atoms with Gasteiger partial charge in [-0.2, -0.15) is 0 Å². The van der Waals surface area contributed by atoms with Gasteiger partial charge in [-0.1, -0.05) is 0 Å². The van der Waals surface area contributed by atoms with Crippen LogP contribution in [0.15, 0.2) is 23.8 Å². The minimum atomic E-state index is 0.965. The average Bonchev–Trinajstić information content (AvgIpc) is 2.63. The zero-order valence-corrected chi connectivity index (χ0v) is 6.92. The predicted octanol–water partition coefficient (Wildman–Crippen LogP) is 1.04. The number of rotatable bonds is 1. The average molecular weight is 191 g/mol. The molecular weight excluding hydrogens is 184 g/mol. The second-order valence-electron chi connectivity index (χ2n) is 1.58. The van der Waals surface area contributed by atoms with Crippen LogP contribution in [0.5, 0.6) is 0 Å². The maximum absolute atomic E-state index is 7.50. The molecule has 11 heavy (non-hydrogen) atoms. The Kier molecular flexibility index (Phi) is 14.2. The number of allylic oxidation sites excluding steroid dienone is 4. The van der Waals surface area contributed by atoms with Gasteiger partial charge in [0.25, 0.3) is 13.6 Å². The van der Waals surface area contributed by atoms with E-state index in [0.29, 0.717) is 0 Å². The summed E-state index contributed by atoms with van der Waals surface area (Å²) in [5.41, 5.74) is 1.44. The van der Waals surface area contributed by atoms with Crippen LogP contribution >= 0.6 is 0 Å². The molecule has 0 bridgehead atoms. The first-order valence-electron chi connectivity index (χ1n) is 2.73. The zero-order valence-electron chi connectivity index (χ0n) is 5.82. The van der Waals surface area contributed by atoms with Gasteiger partial charge < -0.3 is 0 Å². The Labute approximate surface area is 75.2 Å². The van der Waals surface area contributed by atoms with Crippen LogP contribution in [0.1, 0.15) is 6.42 Å². The molecule has 0 saturated carbocycles. The molecule has 0 amide bonds. The van der Waals surface area contributed by atoms with Gasteiger partial charge in [-0.15, -0.1) is 0 Å². The Balaban J connectivity index is 0. The Morgan fingerprint density at radius 1 is 1.36 bits per heavy atom. The molecule has 0 aromatic heterocycles. The van der Waals surface area contributed by atoms with Gasteiger partial charge in [-0.25, -0.2) is 0 Å². The fourth-order valence-electron chi connectivity index (χ4n) is 0.584. The third-order valence-corrected chi connectivity index (χ3v) is 1.51. The molecule has 0 heterocycles. The molecule has 1 aliphatic rings. The molecule has 0 fully saturated rings. The second-order valence-corrected chi connectivity index (χ2v) is 1.97. The Hall–Kier alpha value is -0.661. The predicted molar refractivity (Wildman–Crippen MR) is 38.0 cm³/mol. The maximum atomic E-state index is 7.50. The van der Waals surface area contributed by atoms with Crippen molar-refractivity contribution in [3.05, 3.63) is 23.8 Å². The molecule has 0 saturated heterocycles. The first-order chi connectivity index (χ1) is 5.43. The van der Waals surface area contributed by atoms with Gasteiger partial charge in [0.1, 0.15) is 0 Å². The molecule has 59 valence electrons. The van der Waals surface area contributed by atoms with Crippen molar-refractivity contribution >= 4 is 13.6 Å². The summed E-state index contributed by atoms with van der Waals surface area (Å²) >= 11 is 3.76. The third kappa shape index (κ3) is 7.23. The fraction of sp³-hybridized carbons (Fsp3) is 0.250. The minimum absolute atomic E-state index is 0.965. The van der Waals surface area contributed by atoms with Gasteiger partial charge in [0.05, 0.1) is 0 Å². The van der Waals surface area contributed by atoms with E-state index in [-0.39, 0.29) is 0 Å². The molecular formula is C8H7FeO2. The summed E-state index contributed by atoms with van der Waals surface area (Å²) in [6.45, 7) is 9.00. The van der Waals surface area contributed by atoms with Crippen molar-refractivity contribution in [1.29, 1.82) is 0 Å². The summed E-state index contributed by atoms with van der Waals surface area (Å²) < 4.78 is 0. The Morgan fingerprint density at radius 2 is 1.91 bits per heavy atom. The van der Waals surface area contributed by atoms with Gasteiger partial charge in [0, 0.05) is 0 Å². The topological polar surface area (TPSA) is 34.1 Å². The molecule has 2 nitrogen and oxygen atoms in total. The van der Waals surface area contributed by atoms with E-state index in [0.717, 1.165) is 11.7 Å². The van der Waals surface area contributed by atoms with E-state index in [1.165, 1.54) is 5.57 Å². The summed E-state index contributed by atoms with van der Waals surface area (Å²) in [5.74, 6) is 0. The number of hydrogen-bond donors (Lipinski definition) is 0. The molecule has 1 rings (SSSR count). The monoisotopic (exact) mass is 191 g/mol. The summed E-state index contributed by atoms with van der Waals surface area (Å²) in [6, 6.07) is 0. The number of hydrogen-bond acceptors (Lipinski definition) is 2. The molecule has 0 unspecified atom stereocenters. The van der Waals surface area contributed by atoms with E-state index in [1.807, 2.05) is 0 Å². The van der Waals surface area contributed by atoms with Crippen LogP contribution in [0, 0.1) is 0 Å². The first-order valence-corrected chi connectivity index (χ1v) is 3.51. The molecule has 0 N–H and O–H groups in total. The van der Waals surface area contributed by atoms with Gasteiger partial charge in [0.15, 0.2) is 0 Å². The van der Waals surface area contributed by atoms with E-state index in [2.05, 4.69) is 47.8 Å². The van der Waals surface area contributed by atoms with E-state index >= 15 is 0 Å². The van der Waals surface area contributed by atoms with Crippen LogP contribution in [0.4, 0.5) is 0 Å². The molecule has 0 spiro atoms. The van der Waals surface area contributed by atoms with E-state index in [4.69, 9.17) is 9.59 Å². The van der Waals surface area contributed by atoms with Crippen molar-refractivity contribution in [2.24, 2.45) is 0 Å². The normalized spacial score (nSPS) is 11.9. The van der Waals surface area contributed by atoms with Gasteiger partial charge in [0.2, 0.25) is 0 Å². The van der Waals surface area contributed by atoms with Crippen LogP contribution < -0.4 is 0 Å². The van der Waals surface area contributed by atoms with Crippen LogP contribution in [0.25, 0.3) is 0 Å². The Bertz CT molecular complexity index is 139.